The molecule has 100 valence electrons. The molecule has 20 heavy (non-hydrogen) atoms. The third-order valence-electron chi connectivity index (χ3n) is 3.19. The second-order valence-electron chi connectivity index (χ2n) is 4.61. The Morgan fingerprint density at radius 3 is 2.50 bits per heavy atom. The van der Waals surface area contributed by atoms with Gasteiger partial charge in [-0.05, 0) is 24.6 Å². The lowest BCUT2D eigenvalue weighted by atomic mass is 10.2. The van der Waals surface area contributed by atoms with Gasteiger partial charge in [-0.3, -0.25) is 4.79 Å². The summed E-state index contributed by atoms with van der Waals surface area (Å²) in [6.07, 6.45) is 0. The second-order valence-corrected chi connectivity index (χ2v) is 5.56. The largest absolute Gasteiger partial charge is 0.449 e. The van der Waals surface area contributed by atoms with Crippen LogP contribution in [0.1, 0.15) is 11.1 Å². The normalized spacial score (nSPS) is 10.8. The summed E-state index contributed by atoms with van der Waals surface area (Å²) in [4.78, 5) is 12.3. The Morgan fingerprint density at radius 1 is 1.00 bits per heavy atom. The first kappa shape index (κ1) is 13.0. The van der Waals surface area contributed by atoms with Gasteiger partial charge in [-0.25, -0.2) is 0 Å². The molecule has 0 saturated carbocycles. The first-order chi connectivity index (χ1) is 9.75. The maximum Gasteiger partial charge on any atom is 0.196 e. The van der Waals surface area contributed by atoms with Gasteiger partial charge in [0.1, 0.15) is 5.58 Å². The first-order valence-electron chi connectivity index (χ1n) is 6.45. The summed E-state index contributed by atoms with van der Waals surface area (Å²) in [7, 11) is 0. The fourth-order valence-electron chi connectivity index (χ4n) is 2.08. The van der Waals surface area contributed by atoms with E-state index in [2.05, 4.69) is 12.1 Å². The van der Waals surface area contributed by atoms with Crippen molar-refractivity contribution < 1.29 is 4.42 Å². The van der Waals surface area contributed by atoms with Gasteiger partial charge in [0.05, 0.1) is 5.39 Å². The lowest BCUT2D eigenvalue weighted by Crippen LogP contribution is -2.06. The summed E-state index contributed by atoms with van der Waals surface area (Å²) in [5, 5.41) is 1.35. The fourth-order valence-corrected chi connectivity index (χ4v) is 3.02. The van der Waals surface area contributed by atoms with Crippen molar-refractivity contribution in [3.63, 3.8) is 0 Å². The lowest BCUT2D eigenvalue weighted by Gasteiger charge is -2.06. The smallest absolute Gasteiger partial charge is 0.196 e. The average Bonchev–Trinajstić information content (AvgIpc) is 2.50. The maximum atomic E-state index is 12.3. The van der Waals surface area contributed by atoms with Crippen molar-refractivity contribution in [1.82, 2.24) is 0 Å². The summed E-state index contributed by atoms with van der Waals surface area (Å²) in [5.74, 6) is 0.795. The monoisotopic (exact) mass is 282 g/mol. The summed E-state index contributed by atoms with van der Waals surface area (Å²) in [5.41, 5.74) is 2.61. The number of thioether (sulfide) groups is 1. The number of para-hydroxylation sites is 1. The number of hydrogen-bond donors (Lipinski definition) is 0. The molecule has 0 aliphatic heterocycles. The van der Waals surface area contributed by atoms with Crippen molar-refractivity contribution in [2.45, 2.75) is 17.8 Å². The lowest BCUT2D eigenvalue weighted by molar-refractivity contribution is 0.492. The zero-order chi connectivity index (χ0) is 13.9. The Labute approximate surface area is 121 Å². The third kappa shape index (κ3) is 2.49. The van der Waals surface area contributed by atoms with E-state index in [-0.39, 0.29) is 5.43 Å². The predicted octanol–water partition coefficient (Wildman–Crippen LogP) is 4.39. The highest BCUT2D eigenvalue weighted by Gasteiger charge is 2.10. The maximum absolute atomic E-state index is 12.3. The van der Waals surface area contributed by atoms with Gasteiger partial charge in [-0.15, -0.1) is 0 Å². The van der Waals surface area contributed by atoms with Gasteiger partial charge in [-0.2, -0.15) is 0 Å². The topological polar surface area (TPSA) is 30.2 Å². The summed E-state index contributed by atoms with van der Waals surface area (Å²) < 4.78 is 5.86. The van der Waals surface area contributed by atoms with Crippen molar-refractivity contribution in [3.05, 3.63) is 75.9 Å². The predicted molar refractivity (Wildman–Crippen MR) is 83.2 cm³/mol. The molecule has 0 aliphatic carbocycles. The Bertz CT molecular complexity index is 791. The zero-order valence-electron chi connectivity index (χ0n) is 11.1. The molecule has 0 bridgehead atoms. The zero-order valence-corrected chi connectivity index (χ0v) is 11.9. The van der Waals surface area contributed by atoms with Crippen LogP contribution in [0.5, 0.6) is 0 Å². The number of rotatable bonds is 3. The highest BCUT2D eigenvalue weighted by molar-refractivity contribution is 7.98. The van der Waals surface area contributed by atoms with Gasteiger partial charge in [0.2, 0.25) is 0 Å². The van der Waals surface area contributed by atoms with E-state index in [4.69, 9.17) is 4.42 Å². The molecule has 0 saturated heterocycles. The SMILES string of the molecule is Cc1c(SCc2ccccc2)oc2ccccc2c1=O. The van der Waals surface area contributed by atoms with Crippen LogP contribution in [-0.4, -0.2) is 0 Å². The number of hydrogen-bond acceptors (Lipinski definition) is 3. The Balaban J connectivity index is 1.96. The summed E-state index contributed by atoms with van der Waals surface area (Å²) in [6, 6.07) is 17.5. The molecule has 0 amide bonds. The molecule has 0 aliphatic rings. The van der Waals surface area contributed by atoms with Crippen molar-refractivity contribution in [3.8, 4) is 0 Å². The van der Waals surface area contributed by atoms with E-state index < -0.39 is 0 Å². The van der Waals surface area contributed by atoms with Crippen molar-refractivity contribution in [2.75, 3.05) is 0 Å². The van der Waals surface area contributed by atoms with Crippen LogP contribution in [0, 0.1) is 6.92 Å². The van der Waals surface area contributed by atoms with E-state index in [0.717, 1.165) is 5.75 Å². The minimum Gasteiger partial charge on any atom is -0.449 e. The van der Waals surface area contributed by atoms with E-state index in [0.29, 0.717) is 21.6 Å². The fraction of sp³-hybridized carbons (Fsp3) is 0.118. The van der Waals surface area contributed by atoms with Crippen LogP contribution >= 0.6 is 11.8 Å². The molecule has 0 unspecified atom stereocenters. The molecule has 0 spiro atoms. The van der Waals surface area contributed by atoms with Gasteiger partial charge in [0.15, 0.2) is 10.5 Å². The molecule has 0 fully saturated rings. The molecule has 0 atom stereocenters. The van der Waals surface area contributed by atoms with Crippen LogP contribution in [0.15, 0.2) is 68.9 Å². The standard InChI is InChI=1S/C17H14O2S/c1-12-16(18)14-9-5-6-10-15(14)19-17(12)20-11-13-7-3-2-4-8-13/h2-10H,11H2,1H3. The van der Waals surface area contributed by atoms with Crippen molar-refractivity contribution in [1.29, 1.82) is 0 Å². The van der Waals surface area contributed by atoms with Crippen LogP contribution in [-0.2, 0) is 5.75 Å². The van der Waals surface area contributed by atoms with Crippen LogP contribution in [0.4, 0.5) is 0 Å². The Kier molecular flexibility index (Phi) is 3.61. The van der Waals surface area contributed by atoms with Crippen LogP contribution in [0.3, 0.4) is 0 Å². The van der Waals surface area contributed by atoms with E-state index in [1.807, 2.05) is 43.3 Å². The average molecular weight is 282 g/mol. The quantitative estimate of drug-likeness (QED) is 0.667. The molecular weight excluding hydrogens is 268 g/mol. The Morgan fingerprint density at radius 2 is 1.70 bits per heavy atom. The number of benzene rings is 2. The van der Waals surface area contributed by atoms with Gasteiger partial charge in [0, 0.05) is 11.3 Å². The summed E-state index contributed by atoms with van der Waals surface area (Å²) in [6.45, 7) is 1.82. The third-order valence-corrected chi connectivity index (χ3v) is 4.32. The van der Waals surface area contributed by atoms with Gasteiger partial charge in [0.25, 0.3) is 0 Å². The van der Waals surface area contributed by atoms with E-state index >= 15 is 0 Å². The van der Waals surface area contributed by atoms with Crippen molar-refractivity contribution in [2.24, 2.45) is 0 Å². The molecule has 1 aromatic heterocycles. The molecule has 1 heterocycles. The van der Waals surface area contributed by atoms with Gasteiger partial charge >= 0.3 is 0 Å². The van der Waals surface area contributed by atoms with E-state index in [1.54, 1.807) is 17.8 Å². The van der Waals surface area contributed by atoms with Gasteiger partial charge < -0.3 is 4.42 Å². The molecule has 2 aromatic carbocycles. The molecular formula is C17H14O2S. The molecule has 0 N–H and O–H groups in total. The van der Waals surface area contributed by atoms with E-state index in [1.165, 1.54) is 5.56 Å². The van der Waals surface area contributed by atoms with E-state index in [9.17, 15) is 4.79 Å². The minimum atomic E-state index is 0.0578. The molecule has 3 heteroatoms. The highest BCUT2D eigenvalue weighted by atomic mass is 32.2. The summed E-state index contributed by atoms with van der Waals surface area (Å²) >= 11 is 1.56. The second kappa shape index (κ2) is 5.55. The minimum absolute atomic E-state index is 0.0578. The van der Waals surface area contributed by atoms with Crippen LogP contribution in [0.25, 0.3) is 11.0 Å². The Hall–Kier alpha value is -2.00. The molecule has 2 nitrogen and oxygen atoms in total. The molecule has 3 rings (SSSR count). The van der Waals surface area contributed by atoms with Crippen molar-refractivity contribution >= 4 is 22.7 Å². The van der Waals surface area contributed by atoms with Crippen LogP contribution < -0.4 is 5.43 Å². The van der Waals surface area contributed by atoms with Crippen LogP contribution in [0.2, 0.25) is 0 Å². The van der Waals surface area contributed by atoms with Gasteiger partial charge in [-0.1, -0.05) is 54.2 Å². The first-order valence-corrected chi connectivity index (χ1v) is 7.43. The highest BCUT2D eigenvalue weighted by Crippen LogP contribution is 2.27. The number of fused-ring (bicyclic) bond motifs is 1. The molecule has 0 radical (unpaired) electrons. The molecule has 3 aromatic rings.